The van der Waals surface area contributed by atoms with Gasteiger partial charge in [0, 0.05) is 24.0 Å². The van der Waals surface area contributed by atoms with Crippen LogP contribution in [0.15, 0.2) is 90.7 Å². The number of aliphatic hydroxyl groups is 1. The molecular weight excluding hydrogens is 630 g/mol. The minimum atomic E-state index is -1.08. The third-order valence-corrected chi connectivity index (χ3v) is 8.49. The van der Waals surface area contributed by atoms with Crippen LogP contribution in [0.25, 0.3) is 11.3 Å². The average Bonchev–Trinajstić information content (AvgIpc) is 3.60. The molecule has 0 saturated carbocycles. The third-order valence-electron chi connectivity index (χ3n) is 7.74. The minimum Gasteiger partial charge on any atom is -0.453 e. The van der Waals surface area contributed by atoms with Crippen molar-refractivity contribution in [1.29, 1.82) is 0 Å². The number of alkyl carbamates (subject to hydrolysis) is 2. The van der Waals surface area contributed by atoms with Crippen LogP contribution in [-0.2, 0) is 33.7 Å². The second-order valence-electron chi connectivity index (χ2n) is 12.5. The van der Waals surface area contributed by atoms with Crippen LogP contribution in [-0.4, -0.2) is 64.5 Å². The number of hydrogen-bond donors (Lipinski definition) is 4. The predicted octanol–water partition coefficient (Wildman–Crippen LogP) is 5.29. The number of pyridine rings is 1. The molecule has 0 bridgehead atoms. The Morgan fingerprint density at radius 2 is 1.58 bits per heavy atom. The van der Waals surface area contributed by atoms with Crippen LogP contribution < -0.4 is 16.0 Å². The van der Waals surface area contributed by atoms with Crippen LogP contribution in [0.4, 0.5) is 9.59 Å². The number of aliphatic hydroxyl groups excluding tert-OH is 1. The number of amides is 3. The average molecular weight is 674 g/mol. The van der Waals surface area contributed by atoms with Gasteiger partial charge in [0.1, 0.15) is 12.6 Å². The van der Waals surface area contributed by atoms with Crippen molar-refractivity contribution in [3.8, 4) is 11.3 Å². The molecule has 0 saturated heterocycles. The Bertz CT molecular complexity index is 1580. The van der Waals surface area contributed by atoms with Crippen LogP contribution in [0, 0.1) is 5.41 Å². The molecule has 4 atom stereocenters. The number of hydrogen-bond acceptors (Lipinski definition) is 9. The fourth-order valence-corrected chi connectivity index (χ4v) is 5.72. The summed E-state index contributed by atoms with van der Waals surface area (Å²) in [6, 6.07) is 20.8. The number of ether oxygens (including phenoxy) is 2. The summed E-state index contributed by atoms with van der Waals surface area (Å²) < 4.78 is 10.2. The van der Waals surface area contributed by atoms with Gasteiger partial charge >= 0.3 is 12.2 Å². The van der Waals surface area contributed by atoms with E-state index in [0.29, 0.717) is 12.8 Å². The lowest BCUT2D eigenvalue weighted by Crippen LogP contribution is -2.56. The van der Waals surface area contributed by atoms with E-state index >= 15 is 0 Å². The van der Waals surface area contributed by atoms with Gasteiger partial charge in [-0.15, -0.1) is 11.3 Å². The summed E-state index contributed by atoms with van der Waals surface area (Å²) in [5.74, 6) is -0.424. The number of benzene rings is 2. The summed E-state index contributed by atoms with van der Waals surface area (Å²) in [6.45, 7) is 5.57. The normalized spacial score (nSPS) is 13.8. The van der Waals surface area contributed by atoms with Gasteiger partial charge in [0.2, 0.25) is 5.91 Å². The highest BCUT2D eigenvalue weighted by molar-refractivity contribution is 7.09. The molecule has 2 aromatic heterocycles. The molecule has 4 N–H and O–H groups in total. The fourth-order valence-electron chi connectivity index (χ4n) is 5.21. The van der Waals surface area contributed by atoms with Gasteiger partial charge < -0.3 is 30.5 Å². The van der Waals surface area contributed by atoms with Gasteiger partial charge in [0.05, 0.1) is 35.3 Å². The van der Waals surface area contributed by atoms with Gasteiger partial charge in [0.25, 0.3) is 0 Å². The Labute approximate surface area is 285 Å². The highest BCUT2D eigenvalue weighted by Gasteiger charge is 2.35. The topological polar surface area (TPSA) is 152 Å². The van der Waals surface area contributed by atoms with E-state index in [4.69, 9.17) is 9.47 Å². The van der Waals surface area contributed by atoms with Crippen molar-refractivity contribution in [2.24, 2.45) is 5.41 Å². The first kappa shape index (κ1) is 36.0. The summed E-state index contributed by atoms with van der Waals surface area (Å²) in [7, 11) is 1.24. The van der Waals surface area contributed by atoms with Crippen molar-refractivity contribution in [2.75, 3.05) is 7.11 Å². The Kier molecular flexibility index (Phi) is 13.0. The molecule has 2 aromatic carbocycles. The summed E-state index contributed by atoms with van der Waals surface area (Å²) in [5, 5.41) is 20.2. The zero-order valence-electron chi connectivity index (χ0n) is 27.6. The van der Waals surface area contributed by atoms with E-state index in [1.54, 1.807) is 17.9 Å². The number of nitrogens with one attached hydrogen (secondary N) is 3. The lowest BCUT2D eigenvalue weighted by molar-refractivity contribution is -0.126. The molecule has 0 unspecified atom stereocenters. The van der Waals surface area contributed by atoms with Gasteiger partial charge in [-0.2, -0.15) is 0 Å². The molecule has 0 spiro atoms. The predicted molar refractivity (Wildman–Crippen MR) is 184 cm³/mol. The van der Waals surface area contributed by atoms with Crippen molar-refractivity contribution in [3.63, 3.8) is 0 Å². The van der Waals surface area contributed by atoms with Crippen molar-refractivity contribution in [1.82, 2.24) is 25.9 Å². The summed E-state index contributed by atoms with van der Waals surface area (Å²) in [5.41, 5.74) is 4.61. The van der Waals surface area contributed by atoms with E-state index in [1.165, 1.54) is 18.4 Å². The van der Waals surface area contributed by atoms with Crippen LogP contribution in [0.2, 0.25) is 0 Å². The summed E-state index contributed by atoms with van der Waals surface area (Å²) >= 11 is 1.37. The zero-order chi connectivity index (χ0) is 34.5. The molecule has 11 nitrogen and oxygen atoms in total. The second kappa shape index (κ2) is 17.4. The Morgan fingerprint density at radius 3 is 2.21 bits per heavy atom. The molecular formula is C36H43N5O6S. The molecule has 0 aliphatic heterocycles. The first-order valence-electron chi connectivity index (χ1n) is 15.7. The largest absolute Gasteiger partial charge is 0.453 e. The number of nitrogens with zero attached hydrogens (tertiary/aromatic N) is 2. The van der Waals surface area contributed by atoms with Gasteiger partial charge in [-0.25, -0.2) is 9.59 Å². The number of carbonyl (C=O) groups excluding carboxylic acids is 3. The van der Waals surface area contributed by atoms with Gasteiger partial charge in [0.15, 0.2) is 0 Å². The molecule has 0 fully saturated rings. The van der Waals surface area contributed by atoms with E-state index in [0.717, 1.165) is 27.3 Å². The molecule has 0 aliphatic rings. The highest BCUT2D eigenvalue weighted by atomic mass is 32.1. The van der Waals surface area contributed by atoms with Gasteiger partial charge in [-0.05, 0) is 47.9 Å². The van der Waals surface area contributed by atoms with Crippen LogP contribution >= 0.6 is 11.3 Å². The van der Waals surface area contributed by atoms with Gasteiger partial charge in [-0.3, -0.25) is 14.8 Å². The van der Waals surface area contributed by atoms with Crippen LogP contribution in [0.1, 0.15) is 43.2 Å². The smallest absolute Gasteiger partial charge is 0.407 e. The van der Waals surface area contributed by atoms with E-state index < -0.39 is 47.7 Å². The quantitative estimate of drug-likeness (QED) is 0.141. The maximum absolute atomic E-state index is 13.7. The van der Waals surface area contributed by atoms with E-state index in [9.17, 15) is 19.5 Å². The van der Waals surface area contributed by atoms with Crippen molar-refractivity contribution in [2.45, 2.75) is 70.9 Å². The van der Waals surface area contributed by atoms with E-state index in [2.05, 4.69) is 25.9 Å². The molecule has 2 heterocycles. The molecule has 254 valence electrons. The number of thiazole rings is 1. The van der Waals surface area contributed by atoms with E-state index in [1.807, 2.05) is 93.6 Å². The number of methoxy groups -OCH3 is 1. The zero-order valence-corrected chi connectivity index (χ0v) is 28.4. The van der Waals surface area contributed by atoms with Crippen molar-refractivity contribution >= 4 is 29.4 Å². The Morgan fingerprint density at radius 1 is 0.875 bits per heavy atom. The Balaban J connectivity index is 1.56. The maximum Gasteiger partial charge on any atom is 0.407 e. The van der Waals surface area contributed by atoms with Crippen molar-refractivity contribution < 1.29 is 29.0 Å². The second-order valence-corrected chi connectivity index (χ2v) is 13.5. The molecule has 0 radical (unpaired) electrons. The summed E-state index contributed by atoms with van der Waals surface area (Å²) in [4.78, 5) is 48.0. The first-order chi connectivity index (χ1) is 23.0. The van der Waals surface area contributed by atoms with Crippen LogP contribution in [0.5, 0.6) is 0 Å². The van der Waals surface area contributed by atoms with Crippen molar-refractivity contribution in [3.05, 3.63) is 107 Å². The standard InChI is InChI=1S/C36H43N5O6S/c1-36(2,3)32(41-34(44)46-4)33(43)39-27(18-25-13-15-26(16-14-25)29-12-8-9-17-38-29)20-31(42)30(19-24-10-6-5-7-11-24)40-35(45)47-22-28-21-37-23-48-28/h5-17,21,23,27,30-32,42H,18-20,22H2,1-4H3,(H,39,43)(H,40,45)(H,41,44)/t27-,30-,31-,32+/m0/s1. The monoisotopic (exact) mass is 673 g/mol. The van der Waals surface area contributed by atoms with E-state index in [-0.39, 0.29) is 13.0 Å². The molecule has 3 amide bonds. The fraction of sp³-hybridized carbons (Fsp3) is 0.361. The number of carbonyl (C=O) groups is 3. The summed E-state index contributed by atoms with van der Waals surface area (Å²) in [6.07, 6.45) is 1.67. The third kappa shape index (κ3) is 11.2. The van der Waals surface area contributed by atoms with Crippen LogP contribution in [0.3, 0.4) is 0 Å². The first-order valence-corrected chi connectivity index (χ1v) is 16.6. The molecule has 4 rings (SSSR count). The SMILES string of the molecule is COC(=O)N[C@H](C(=O)N[C@@H](Cc1ccc(-c2ccccn2)cc1)C[C@H](O)[C@H](Cc1ccccc1)NC(=O)OCc1cncs1)C(C)(C)C. The Hall–Kier alpha value is -4.81. The number of aromatic nitrogens is 2. The molecule has 48 heavy (non-hydrogen) atoms. The van der Waals surface area contributed by atoms with Gasteiger partial charge in [-0.1, -0.05) is 81.4 Å². The lowest BCUT2D eigenvalue weighted by Gasteiger charge is -2.33. The molecule has 12 heteroatoms. The maximum atomic E-state index is 13.7. The molecule has 0 aliphatic carbocycles. The number of rotatable bonds is 14. The minimum absolute atomic E-state index is 0.0548. The molecule has 4 aromatic rings. The lowest BCUT2D eigenvalue weighted by atomic mass is 9.85. The highest BCUT2D eigenvalue weighted by Crippen LogP contribution is 2.22.